The van der Waals surface area contributed by atoms with Crippen molar-refractivity contribution in [2.24, 2.45) is 0 Å². The molecular formula is C16H22O5. The molecule has 0 radical (unpaired) electrons. The van der Waals surface area contributed by atoms with Gasteiger partial charge in [0.2, 0.25) is 0 Å². The third-order valence-electron chi connectivity index (χ3n) is 2.50. The zero-order chi connectivity index (χ0) is 15.9. The van der Waals surface area contributed by atoms with Gasteiger partial charge >= 0.3 is 11.9 Å². The molecule has 0 amide bonds. The highest BCUT2D eigenvalue weighted by Gasteiger charge is 2.16. The lowest BCUT2D eigenvalue weighted by atomic mass is 10.2. The molecule has 116 valence electrons. The van der Waals surface area contributed by atoms with Gasteiger partial charge in [-0.3, -0.25) is 4.79 Å². The van der Waals surface area contributed by atoms with E-state index in [1.807, 2.05) is 20.8 Å². The van der Waals surface area contributed by atoms with Crippen LogP contribution >= 0.6 is 0 Å². The third kappa shape index (κ3) is 6.29. The molecule has 0 saturated heterocycles. The molecule has 1 aromatic rings. The maximum Gasteiger partial charge on any atom is 0.341 e. The van der Waals surface area contributed by atoms with E-state index in [0.717, 1.165) is 0 Å². The second-order valence-electron chi connectivity index (χ2n) is 5.53. The molecule has 21 heavy (non-hydrogen) atoms. The highest BCUT2D eigenvalue weighted by atomic mass is 16.6. The number of carbonyl (C=O) groups is 2. The number of ether oxygens (including phenoxy) is 3. The molecule has 0 bridgehead atoms. The van der Waals surface area contributed by atoms with Gasteiger partial charge in [-0.2, -0.15) is 0 Å². The van der Waals surface area contributed by atoms with Crippen LogP contribution in [0.2, 0.25) is 0 Å². The molecule has 0 unspecified atom stereocenters. The summed E-state index contributed by atoms with van der Waals surface area (Å²) in [6.07, 6.45) is 0.794. The summed E-state index contributed by atoms with van der Waals surface area (Å²) in [5.74, 6) is -0.251. The molecule has 0 atom stereocenters. The molecule has 0 aromatic heterocycles. The van der Waals surface area contributed by atoms with Gasteiger partial charge < -0.3 is 14.2 Å². The summed E-state index contributed by atoms with van der Waals surface area (Å²) in [5.41, 5.74) is -0.104. The first-order valence-corrected chi connectivity index (χ1v) is 6.85. The fourth-order valence-corrected chi connectivity index (χ4v) is 1.66. The molecule has 1 rings (SSSR count). The summed E-state index contributed by atoms with van der Waals surface area (Å²) in [5, 5.41) is 0. The average molecular weight is 294 g/mol. The van der Waals surface area contributed by atoms with E-state index in [2.05, 4.69) is 4.74 Å². The molecule has 1 aromatic carbocycles. The maximum absolute atomic E-state index is 11.6. The molecule has 0 heterocycles. The largest absolute Gasteiger partial charge is 0.493 e. The fraction of sp³-hybridized carbons (Fsp3) is 0.500. The van der Waals surface area contributed by atoms with Gasteiger partial charge in [-0.1, -0.05) is 12.1 Å². The summed E-state index contributed by atoms with van der Waals surface area (Å²) in [6, 6.07) is 6.84. The first kappa shape index (κ1) is 17.0. The zero-order valence-corrected chi connectivity index (χ0v) is 13.0. The van der Waals surface area contributed by atoms with E-state index in [4.69, 9.17) is 9.47 Å². The number of esters is 2. The van der Waals surface area contributed by atoms with Gasteiger partial charge in [0.05, 0.1) is 13.7 Å². The summed E-state index contributed by atoms with van der Waals surface area (Å²) < 4.78 is 15.4. The Kier molecular flexibility index (Phi) is 6.21. The van der Waals surface area contributed by atoms with Crippen LogP contribution < -0.4 is 4.74 Å². The lowest BCUT2D eigenvalue weighted by molar-refractivity contribution is -0.155. The molecule has 0 spiro atoms. The van der Waals surface area contributed by atoms with Gasteiger partial charge in [0, 0.05) is 6.42 Å². The van der Waals surface area contributed by atoms with Crippen molar-refractivity contribution < 1.29 is 23.8 Å². The predicted octanol–water partition coefficient (Wildman–Crippen LogP) is 2.97. The topological polar surface area (TPSA) is 61.8 Å². The summed E-state index contributed by atoms with van der Waals surface area (Å²) in [6.45, 7) is 5.81. The highest BCUT2D eigenvalue weighted by Crippen LogP contribution is 2.19. The zero-order valence-electron chi connectivity index (χ0n) is 13.0. The quantitative estimate of drug-likeness (QED) is 0.596. The molecule has 5 nitrogen and oxygen atoms in total. The SMILES string of the molecule is COC(=O)c1ccccc1OCCCC(=O)OC(C)(C)C. The van der Waals surface area contributed by atoms with Gasteiger partial charge in [0.25, 0.3) is 0 Å². The Morgan fingerprint density at radius 3 is 2.43 bits per heavy atom. The van der Waals surface area contributed by atoms with Crippen LogP contribution in [-0.2, 0) is 14.3 Å². The summed E-state index contributed by atoms with van der Waals surface area (Å²) in [7, 11) is 1.32. The van der Waals surface area contributed by atoms with Crippen LogP contribution in [0.15, 0.2) is 24.3 Å². The Hall–Kier alpha value is -2.04. The Bertz CT molecular complexity index is 488. The van der Waals surface area contributed by atoms with Gasteiger partial charge in [0.15, 0.2) is 0 Å². The van der Waals surface area contributed by atoms with Crippen molar-refractivity contribution in [3.63, 3.8) is 0 Å². The van der Waals surface area contributed by atoms with E-state index in [0.29, 0.717) is 24.3 Å². The van der Waals surface area contributed by atoms with Crippen molar-refractivity contribution in [2.45, 2.75) is 39.2 Å². The van der Waals surface area contributed by atoms with E-state index >= 15 is 0 Å². The van der Waals surface area contributed by atoms with Crippen molar-refractivity contribution >= 4 is 11.9 Å². The number of rotatable bonds is 6. The summed E-state index contributed by atoms with van der Waals surface area (Å²) >= 11 is 0. The van der Waals surface area contributed by atoms with Crippen LogP contribution in [0, 0.1) is 0 Å². The third-order valence-corrected chi connectivity index (χ3v) is 2.50. The van der Waals surface area contributed by atoms with E-state index in [1.165, 1.54) is 7.11 Å². The van der Waals surface area contributed by atoms with E-state index in [-0.39, 0.29) is 12.4 Å². The lowest BCUT2D eigenvalue weighted by Crippen LogP contribution is -2.24. The van der Waals surface area contributed by atoms with Gasteiger partial charge in [-0.15, -0.1) is 0 Å². The highest BCUT2D eigenvalue weighted by molar-refractivity contribution is 5.92. The number of para-hydroxylation sites is 1. The number of hydrogen-bond donors (Lipinski definition) is 0. The minimum atomic E-state index is -0.477. The Balaban J connectivity index is 2.43. The van der Waals surface area contributed by atoms with Gasteiger partial charge in [-0.05, 0) is 39.3 Å². The minimum absolute atomic E-state index is 0.257. The fourth-order valence-electron chi connectivity index (χ4n) is 1.66. The van der Waals surface area contributed by atoms with Crippen LogP contribution in [0.25, 0.3) is 0 Å². The first-order valence-electron chi connectivity index (χ1n) is 6.85. The Labute approximate surface area is 125 Å². The standard InChI is InChI=1S/C16H22O5/c1-16(2,3)21-14(17)10-7-11-20-13-9-6-5-8-12(13)15(18)19-4/h5-6,8-9H,7,10-11H2,1-4H3. The van der Waals surface area contributed by atoms with Crippen molar-refractivity contribution in [2.75, 3.05) is 13.7 Å². The van der Waals surface area contributed by atoms with E-state index in [1.54, 1.807) is 24.3 Å². The lowest BCUT2D eigenvalue weighted by Gasteiger charge is -2.19. The molecule has 0 N–H and O–H groups in total. The Morgan fingerprint density at radius 2 is 1.81 bits per heavy atom. The van der Waals surface area contributed by atoms with Crippen LogP contribution in [0.3, 0.4) is 0 Å². The monoisotopic (exact) mass is 294 g/mol. The second kappa shape index (κ2) is 7.67. The minimum Gasteiger partial charge on any atom is -0.493 e. The van der Waals surface area contributed by atoms with Crippen molar-refractivity contribution in [3.05, 3.63) is 29.8 Å². The van der Waals surface area contributed by atoms with Crippen molar-refractivity contribution in [3.8, 4) is 5.75 Å². The number of hydrogen-bond acceptors (Lipinski definition) is 5. The van der Waals surface area contributed by atoms with Crippen LogP contribution in [0.1, 0.15) is 44.0 Å². The molecule has 0 aliphatic rings. The average Bonchev–Trinajstić information content (AvgIpc) is 2.41. The molecule has 0 saturated carbocycles. The summed E-state index contributed by atoms with van der Waals surface area (Å²) in [4.78, 5) is 23.1. The van der Waals surface area contributed by atoms with Crippen LogP contribution in [0.4, 0.5) is 0 Å². The van der Waals surface area contributed by atoms with Gasteiger partial charge in [0.1, 0.15) is 16.9 Å². The van der Waals surface area contributed by atoms with Crippen LogP contribution in [-0.4, -0.2) is 31.3 Å². The van der Waals surface area contributed by atoms with Gasteiger partial charge in [-0.25, -0.2) is 4.79 Å². The number of carbonyl (C=O) groups excluding carboxylic acids is 2. The Morgan fingerprint density at radius 1 is 1.14 bits per heavy atom. The second-order valence-corrected chi connectivity index (χ2v) is 5.53. The van der Waals surface area contributed by atoms with Crippen LogP contribution in [0.5, 0.6) is 5.75 Å². The molecular weight excluding hydrogens is 272 g/mol. The molecule has 0 fully saturated rings. The predicted molar refractivity (Wildman–Crippen MR) is 78.4 cm³/mol. The van der Waals surface area contributed by atoms with E-state index < -0.39 is 11.6 Å². The normalized spacial score (nSPS) is 10.9. The molecule has 0 aliphatic carbocycles. The van der Waals surface area contributed by atoms with E-state index in [9.17, 15) is 9.59 Å². The number of benzene rings is 1. The van der Waals surface area contributed by atoms with Crippen molar-refractivity contribution in [1.82, 2.24) is 0 Å². The maximum atomic E-state index is 11.6. The molecule has 0 aliphatic heterocycles. The molecule has 5 heteroatoms. The number of methoxy groups -OCH3 is 1. The van der Waals surface area contributed by atoms with Crippen molar-refractivity contribution in [1.29, 1.82) is 0 Å². The smallest absolute Gasteiger partial charge is 0.341 e. The first-order chi connectivity index (χ1) is 9.83.